The molecule has 2 N–H and O–H groups in total. The summed E-state index contributed by atoms with van der Waals surface area (Å²) in [5.41, 5.74) is 0.0791. The predicted octanol–water partition coefficient (Wildman–Crippen LogP) is 4.21. The van der Waals surface area contributed by atoms with Crippen molar-refractivity contribution < 1.29 is 14.6 Å². The van der Waals surface area contributed by atoms with Gasteiger partial charge in [-0.15, -0.1) is 11.3 Å². The van der Waals surface area contributed by atoms with Crippen LogP contribution in [0.1, 0.15) is 43.5 Å². The Labute approximate surface area is 147 Å². The maximum atomic E-state index is 12.1. The Morgan fingerprint density at radius 2 is 2.00 bits per heavy atom. The third kappa shape index (κ3) is 5.30. The van der Waals surface area contributed by atoms with Crippen LogP contribution in [-0.4, -0.2) is 21.8 Å². The summed E-state index contributed by atoms with van der Waals surface area (Å²) >= 11 is 4.65. The Bertz CT molecular complexity index is 655. The number of amides is 1. The van der Waals surface area contributed by atoms with Crippen LogP contribution in [0.25, 0.3) is 0 Å². The number of aliphatic hydroxyl groups excluding tert-OH is 1. The summed E-state index contributed by atoms with van der Waals surface area (Å²) in [5.74, 6) is 0. The van der Waals surface area contributed by atoms with Gasteiger partial charge in [0.05, 0.1) is 0 Å². The minimum Gasteiger partial charge on any atom is -0.444 e. The molecule has 0 aliphatic carbocycles. The highest BCUT2D eigenvalue weighted by Gasteiger charge is 2.29. The van der Waals surface area contributed by atoms with Gasteiger partial charge in [-0.2, -0.15) is 0 Å². The first-order valence-corrected chi connectivity index (χ1v) is 8.77. The van der Waals surface area contributed by atoms with Crippen molar-refractivity contribution in [1.82, 2.24) is 10.3 Å². The molecule has 0 spiro atoms. The first-order valence-electron chi connectivity index (χ1n) is 7.10. The Hall–Kier alpha value is -1.44. The molecule has 0 bridgehead atoms. The average Bonchev–Trinajstić information content (AvgIpc) is 2.89. The first kappa shape index (κ1) is 17.9. The number of nitrogens with zero attached hydrogens (tertiary/aromatic N) is 1. The molecule has 1 aromatic carbocycles. The molecule has 1 heterocycles. The topological polar surface area (TPSA) is 71.5 Å². The molecule has 5 nitrogen and oxygen atoms in total. The van der Waals surface area contributed by atoms with Gasteiger partial charge >= 0.3 is 6.09 Å². The fourth-order valence-electron chi connectivity index (χ4n) is 1.96. The van der Waals surface area contributed by atoms with Gasteiger partial charge in [0.2, 0.25) is 0 Å². The standard InChI is InChI=1S/C16H19BrN2O3S/c1-16(2,3)22-15(21)19-12(14-18-11(17)9-23-14)13(20)10-7-5-4-6-8-10/h4-9,12-13,20H,1-3H3,(H,19,21)/t12-,13+/m0/s1. The van der Waals surface area contributed by atoms with Gasteiger partial charge in [-0.1, -0.05) is 30.3 Å². The smallest absolute Gasteiger partial charge is 0.408 e. The van der Waals surface area contributed by atoms with E-state index in [0.29, 0.717) is 15.2 Å². The van der Waals surface area contributed by atoms with Crippen LogP contribution in [0, 0.1) is 0 Å². The van der Waals surface area contributed by atoms with E-state index in [9.17, 15) is 9.90 Å². The predicted molar refractivity (Wildman–Crippen MR) is 93.3 cm³/mol. The lowest BCUT2D eigenvalue weighted by molar-refractivity contribution is 0.0419. The van der Waals surface area contributed by atoms with Crippen molar-refractivity contribution in [3.63, 3.8) is 0 Å². The lowest BCUT2D eigenvalue weighted by Crippen LogP contribution is -2.37. The Kier molecular flexibility index (Phi) is 5.78. The van der Waals surface area contributed by atoms with Crippen LogP contribution >= 0.6 is 27.3 Å². The maximum absolute atomic E-state index is 12.1. The van der Waals surface area contributed by atoms with E-state index in [2.05, 4.69) is 26.2 Å². The minimum atomic E-state index is -0.929. The van der Waals surface area contributed by atoms with Crippen LogP contribution in [0.15, 0.2) is 40.3 Å². The second-order valence-electron chi connectivity index (χ2n) is 5.99. The van der Waals surface area contributed by atoms with E-state index in [1.165, 1.54) is 11.3 Å². The number of halogens is 1. The van der Waals surface area contributed by atoms with Gasteiger partial charge in [0, 0.05) is 5.38 Å². The summed E-state index contributed by atoms with van der Waals surface area (Å²) in [6.07, 6.45) is -1.52. The zero-order valence-electron chi connectivity index (χ0n) is 13.1. The molecule has 2 atom stereocenters. The highest BCUT2D eigenvalue weighted by Crippen LogP contribution is 2.32. The molecule has 0 unspecified atom stereocenters. The van der Waals surface area contributed by atoms with E-state index in [1.807, 2.05) is 18.2 Å². The number of carbonyl (C=O) groups is 1. The third-order valence-corrected chi connectivity index (χ3v) is 4.53. The number of carbonyl (C=O) groups excluding carboxylic acids is 1. The summed E-state index contributed by atoms with van der Waals surface area (Å²) in [6.45, 7) is 5.36. The van der Waals surface area contributed by atoms with Gasteiger partial charge in [0.1, 0.15) is 27.4 Å². The number of nitrogens with one attached hydrogen (secondary N) is 1. The lowest BCUT2D eigenvalue weighted by Gasteiger charge is -2.25. The van der Waals surface area contributed by atoms with Crippen molar-refractivity contribution in [2.75, 3.05) is 0 Å². The molecule has 0 aliphatic rings. The van der Waals surface area contributed by atoms with Crippen molar-refractivity contribution in [2.45, 2.75) is 38.5 Å². The van der Waals surface area contributed by atoms with Gasteiger partial charge < -0.3 is 15.2 Å². The summed E-state index contributed by atoms with van der Waals surface area (Å²) in [5, 5.41) is 15.8. The Morgan fingerprint density at radius 1 is 1.35 bits per heavy atom. The number of hydrogen-bond acceptors (Lipinski definition) is 5. The van der Waals surface area contributed by atoms with E-state index in [0.717, 1.165) is 0 Å². The molecule has 7 heteroatoms. The van der Waals surface area contributed by atoms with Crippen LogP contribution in [0.5, 0.6) is 0 Å². The normalized spacial score (nSPS) is 14.1. The number of aliphatic hydroxyl groups is 1. The highest BCUT2D eigenvalue weighted by molar-refractivity contribution is 9.10. The molecule has 1 amide bonds. The Morgan fingerprint density at radius 3 is 2.52 bits per heavy atom. The number of ether oxygens (including phenoxy) is 1. The van der Waals surface area contributed by atoms with Crippen molar-refractivity contribution in [2.24, 2.45) is 0 Å². The van der Waals surface area contributed by atoms with Gasteiger partial charge in [-0.05, 0) is 42.3 Å². The second kappa shape index (κ2) is 7.42. The van der Waals surface area contributed by atoms with Gasteiger partial charge in [-0.3, -0.25) is 0 Å². The molecule has 0 fully saturated rings. The van der Waals surface area contributed by atoms with Gasteiger partial charge in [-0.25, -0.2) is 9.78 Å². The molecule has 124 valence electrons. The molecule has 0 saturated carbocycles. The molecule has 2 rings (SSSR count). The van der Waals surface area contributed by atoms with Crippen molar-refractivity contribution in [3.05, 3.63) is 50.9 Å². The van der Waals surface area contributed by atoms with Crippen LogP contribution in [0.2, 0.25) is 0 Å². The highest BCUT2D eigenvalue weighted by atomic mass is 79.9. The van der Waals surface area contributed by atoms with E-state index in [4.69, 9.17) is 4.74 Å². The van der Waals surface area contributed by atoms with E-state index in [-0.39, 0.29) is 0 Å². The quantitative estimate of drug-likeness (QED) is 0.808. The first-order chi connectivity index (χ1) is 10.8. The SMILES string of the molecule is CC(C)(C)OC(=O)N[C@H](c1nc(Br)cs1)[C@H](O)c1ccccc1. The largest absolute Gasteiger partial charge is 0.444 e. The molecular formula is C16H19BrN2O3S. The lowest BCUT2D eigenvalue weighted by atomic mass is 10.0. The maximum Gasteiger partial charge on any atom is 0.408 e. The fraction of sp³-hybridized carbons (Fsp3) is 0.375. The molecule has 0 saturated heterocycles. The minimum absolute atomic E-state index is 0.594. The third-order valence-electron chi connectivity index (χ3n) is 2.89. The molecular weight excluding hydrogens is 380 g/mol. The summed E-state index contributed by atoms with van der Waals surface area (Å²) in [6, 6.07) is 8.45. The number of benzene rings is 1. The van der Waals surface area contributed by atoms with E-state index in [1.54, 1.807) is 38.3 Å². The molecule has 0 radical (unpaired) electrons. The van der Waals surface area contributed by atoms with Crippen molar-refractivity contribution in [3.8, 4) is 0 Å². The van der Waals surface area contributed by atoms with Crippen LogP contribution in [0.4, 0.5) is 4.79 Å². The second-order valence-corrected chi connectivity index (χ2v) is 7.69. The molecule has 0 aliphatic heterocycles. The fourth-order valence-corrected chi connectivity index (χ4v) is 3.31. The van der Waals surface area contributed by atoms with Gasteiger partial charge in [0.15, 0.2) is 0 Å². The number of hydrogen-bond donors (Lipinski definition) is 2. The molecule has 1 aromatic heterocycles. The summed E-state index contributed by atoms with van der Waals surface area (Å²) < 4.78 is 5.95. The zero-order chi connectivity index (χ0) is 17.0. The van der Waals surface area contributed by atoms with Crippen LogP contribution in [0.3, 0.4) is 0 Å². The van der Waals surface area contributed by atoms with Crippen LogP contribution < -0.4 is 5.32 Å². The molecule has 23 heavy (non-hydrogen) atoms. The molecule has 2 aromatic rings. The average molecular weight is 399 g/mol. The number of rotatable bonds is 4. The number of thiazole rings is 1. The van der Waals surface area contributed by atoms with Crippen molar-refractivity contribution >= 4 is 33.4 Å². The van der Waals surface area contributed by atoms with Crippen molar-refractivity contribution in [1.29, 1.82) is 0 Å². The zero-order valence-corrected chi connectivity index (χ0v) is 15.5. The summed E-state index contributed by atoms with van der Waals surface area (Å²) in [7, 11) is 0. The van der Waals surface area contributed by atoms with E-state index >= 15 is 0 Å². The summed E-state index contributed by atoms with van der Waals surface area (Å²) in [4.78, 5) is 16.4. The van der Waals surface area contributed by atoms with Gasteiger partial charge in [0.25, 0.3) is 0 Å². The Balaban J connectivity index is 2.24. The van der Waals surface area contributed by atoms with E-state index < -0.39 is 23.8 Å². The van der Waals surface area contributed by atoms with Crippen LogP contribution in [-0.2, 0) is 4.74 Å². The number of aromatic nitrogens is 1. The monoisotopic (exact) mass is 398 g/mol. The number of alkyl carbamates (subject to hydrolysis) is 1.